The van der Waals surface area contributed by atoms with Crippen molar-refractivity contribution in [1.29, 1.82) is 0 Å². The Morgan fingerprint density at radius 3 is 2.43 bits per heavy atom. The lowest BCUT2D eigenvalue weighted by molar-refractivity contribution is 0.102. The predicted octanol–water partition coefficient (Wildman–Crippen LogP) is 5.81. The molecular formula is C23H16FN3O2S. The fourth-order valence-electron chi connectivity index (χ4n) is 2.61. The number of nitrogens with one attached hydrogen (secondary N) is 1. The van der Waals surface area contributed by atoms with Gasteiger partial charge in [-0.3, -0.25) is 4.79 Å². The summed E-state index contributed by atoms with van der Waals surface area (Å²) in [6.07, 6.45) is 3.17. The van der Waals surface area contributed by atoms with Gasteiger partial charge in [-0.25, -0.2) is 14.4 Å². The van der Waals surface area contributed by atoms with Crippen LogP contribution in [0.5, 0.6) is 11.6 Å². The first-order valence-electron chi connectivity index (χ1n) is 9.06. The van der Waals surface area contributed by atoms with Gasteiger partial charge in [-0.1, -0.05) is 36.0 Å². The van der Waals surface area contributed by atoms with Crippen LogP contribution in [0.3, 0.4) is 0 Å². The molecule has 0 unspecified atom stereocenters. The van der Waals surface area contributed by atoms with Crippen molar-refractivity contribution in [1.82, 2.24) is 9.97 Å². The lowest BCUT2D eigenvalue weighted by atomic mass is 10.2. The number of ether oxygens (including phenoxy) is 1. The molecule has 148 valence electrons. The number of hydrogen-bond donors (Lipinski definition) is 1. The van der Waals surface area contributed by atoms with Crippen LogP contribution >= 0.6 is 11.8 Å². The number of nitrogens with zero attached hydrogens (tertiary/aromatic N) is 2. The summed E-state index contributed by atoms with van der Waals surface area (Å²) in [4.78, 5) is 22.0. The van der Waals surface area contributed by atoms with E-state index < -0.39 is 5.82 Å². The monoisotopic (exact) mass is 417 g/mol. The van der Waals surface area contributed by atoms with Crippen molar-refractivity contribution in [2.75, 3.05) is 5.32 Å². The number of aromatic nitrogens is 2. The molecule has 0 fully saturated rings. The first-order valence-corrected chi connectivity index (χ1v) is 9.88. The normalized spacial score (nSPS) is 10.4. The molecule has 4 aromatic rings. The summed E-state index contributed by atoms with van der Waals surface area (Å²) >= 11 is 1.45. The number of carbonyl (C=O) groups is 1. The van der Waals surface area contributed by atoms with Gasteiger partial charge < -0.3 is 10.1 Å². The summed E-state index contributed by atoms with van der Waals surface area (Å²) in [7, 11) is 0. The Morgan fingerprint density at radius 2 is 1.67 bits per heavy atom. The standard InChI is InChI=1S/C23H16FN3O2S/c24-17-5-4-6-18(15-17)27-21(28)16-9-11-19(12-10-16)29-22-23(26-14-13-25-22)30-20-7-2-1-3-8-20/h1-15H,(H,27,28). The van der Waals surface area contributed by atoms with E-state index in [4.69, 9.17) is 4.74 Å². The summed E-state index contributed by atoms with van der Waals surface area (Å²) in [5.41, 5.74) is 0.812. The van der Waals surface area contributed by atoms with E-state index in [-0.39, 0.29) is 5.91 Å². The van der Waals surface area contributed by atoms with Gasteiger partial charge in [0.2, 0.25) is 0 Å². The van der Waals surface area contributed by atoms with Crippen molar-refractivity contribution in [3.63, 3.8) is 0 Å². The number of carbonyl (C=O) groups excluding carboxylic acids is 1. The summed E-state index contributed by atoms with van der Waals surface area (Å²) in [5.74, 6) is 0.146. The van der Waals surface area contributed by atoms with E-state index in [0.29, 0.717) is 27.9 Å². The number of amides is 1. The Bertz CT molecular complexity index is 1150. The first kappa shape index (κ1) is 19.6. The molecular weight excluding hydrogens is 401 g/mol. The second-order valence-corrected chi connectivity index (χ2v) is 7.23. The Labute approximate surface area is 177 Å². The van der Waals surface area contributed by atoms with Gasteiger partial charge >= 0.3 is 0 Å². The fourth-order valence-corrected chi connectivity index (χ4v) is 3.42. The molecule has 0 bridgehead atoms. The van der Waals surface area contributed by atoms with E-state index in [0.717, 1.165) is 4.90 Å². The predicted molar refractivity (Wildman–Crippen MR) is 113 cm³/mol. The zero-order valence-electron chi connectivity index (χ0n) is 15.7. The molecule has 1 amide bonds. The van der Waals surface area contributed by atoms with E-state index in [1.165, 1.54) is 30.0 Å². The average Bonchev–Trinajstić information content (AvgIpc) is 2.76. The third-order valence-electron chi connectivity index (χ3n) is 4.00. The zero-order chi connectivity index (χ0) is 20.8. The summed E-state index contributed by atoms with van der Waals surface area (Å²) in [6.45, 7) is 0. The minimum absolute atomic E-state index is 0.341. The quantitative estimate of drug-likeness (QED) is 0.429. The highest BCUT2D eigenvalue weighted by molar-refractivity contribution is 7.99. The lowest BCUT2D eigenvalue weighted by Crippen LogP contribution is -2.11. The molecule has 0 radical (unpaired) electrons. The smallest absolute Gasteiger partial charge is 0.255 e. The maximum atomic E-state index is 13.3. The number of hydrogen-bond acceptors (Lipinski definition) is 5. The maximum absolute atomic E-state index is 13.3. The Kier molecular flexibility index (Phi) is 6.01. The van der Waals surface area contributed by atoms with Crippen molar-refractivity contribution in [3.8, 4) is 11.6 Å². The van der Waals surface area contributed by atoms with E-state index in [1.807, 2.05) is 30.3 Å². The van der Waals surface area contributed by atoms with E-state index in [9.17, 15) is 9.18 Å². The average molecular weight is 417 g/mol. The van der Waals surface area contributed by atoms with Crippen LogP contribution in [0.25, 0.3) is 0 Å². The van der Waals surface area contributed by atoms with Crippen LogP contribution in [-0.4, -0.2) is 15.9 Å². The van der Waals surface area contributed by atoms with Gasteiger partial charge in [0.05, 0.1) is 0 Å². The number of benzene rings is 3. The van der Waals surface area contributed by atoms with Gasteiger partial charge in [0.25, 0.3) is 11.8 Å². The van der Waals surface area contributed by atoms with Crippen LogP contribution in [0.2, 0.25) is 0 Å². The summed E-state index contributed by atoms with van der Waals surface area (Å²) in [5, 5.41) is 3.29. The number of halogens is 1. The molecule has 0 aliphatic heterocycles. The molecule has 0 spiro atoms. The molecule has 1 heterocycles. The second-order valence-electron chi connectivity index (χ2n) is 6.17. The van der Waals surface area contributed by atoms with E-state index in [2.05, 4.69) is 15.3 Å². The Balaban J connectivity index is 1.46. The molecule has 30 heavy (non-hydrogen) atoms. The third kappa shape index (κ3) is 5.01. The van der Waals surface area contributed by atoms with Crippen LogP contribution < -0.4 is 10.1 Å². The minimum Gasteiger partial charge on any atom is -0.437 e. The van der Waals surface area contributed by atoms with Crippen molar-refractivity contribution in [3.05, 3.63) is 103 Å². The van der Waals surface area contributed by atoms with Gasteiger partial charge in [0, 0.05) is 28.5 Å². The Hall–Kier alpha value is -3.71. The van der Waals surface area contributed by atoms with Gasteiger partial charge in [-0.15, -0.1) is 0 Å². The van der Waals surface area contributed by atoms with Crippen LogP contribution in [0.4, 0.5) is 10.1 Å². The van der Waals surface area contributed by atoms with Crippen LogP contribution in [0, 0.1) is 5.82 Å². The topological polar surface area (TPSA) is 64.1 Å². The molecule has 0 saturated heterocycles. The van der Waals surface area contributed by atoms with E-state index in [1.54, 1.807) is 42.7 Å². The van der Waals surface area contributed by atoms with Gasteiger partial charge in [0.15, 0.2) is 5.03 Å². The largest absolute Gasteiger partial charge is 0.437 e. The maximum Gasteiger partial charge on any atom is 0.255 e. The van der Waals surface area contributed by atoms with Crippen molar-refractivity contribution < 1.29 is 13.9 Å². The highest BCUT2D eigenvalue weighted by atomic mass is 32.2. The van der Waals surface area contributed by atoms with Gasteiger partial charge in [-0.2, -0.15) is 0 Å². The molecule has 3 aromatic carbocycles. The lowest BCUT2D eigenvalue weighted by Gasteiger charge is -2.09. The fraction of sp³-hybridized carbons (Fsp3) is 0. The van der Waals surface area contributed by atoms with Crippen molar-refractivity contribution in [2.24, 2.45) is 0 Å². The first-order chi connectivity index (χ1) is 14.7. The van der Waals surface area contributed by atoms with Gasteiger partial charge in [0.1, 0.15) is 11.6 Å². The highest BCUT2D eigenvalue weighted by Gasteiger charge is 2.11. The second kappa shape index (κ2) is 9.19. The molecule has 0 aliphatic rings. The van der Waals surface area contributed by atoms with Crippen LogP contribution in [-0.2, 0) is 0 Å². The number of anilines is 1. The summed E-state index contributed by atoms with van der Waals surface area (Å²) in [6, 6.07) is 22.2. The number of rotatable bonds is 6. The molecule has 0 saturated carbocycles. The molecule has 7 heteroatoms. The SMILES string of the molecule is O=C(Nc1cccc(F)c1)c1ccc(Oc2nccnc2Sc2ccccc2)cc1. The van der Waals surface area contributed by atoms with Crippen molar-refractivity contribution >= 4 is 23.4 Å². The Morgan fingerprint density at radius 1 is 0.900 bits per heavy atom. The molecule has 1 N–H and O–H groups in total. The van der Waals surface area contributed by atoms with Crippen LogP contribution in [0.15, 0.2) is 101 Å². The minimum atomic E-state index is -0.412. The molecule has 1 aromatic heterocycles. The molecule has 4 rings (SSSR count). The zero-order valence-corrected chi connectivity index (χ0v) is 16.5. The molecule has 0 aliphatic carbocycles. The summed E-state index contributed by atoms with van der Waals surface area (Å²) < 4.78 is 19.1. The third-order valence-corrected chi connectivity index (χ3v) is 4.99. The highest BCUT2D eigenvalue weighted by Crippen LogP contribution is 2.33. The van der Waals surface area contributed by atoms with Crippen LogP contribution in [0.1, 0.15) is 10.4 Å². The molecule has 0 atom stereocenters. The van der Waals surface area contributed by atoms with Gasteiger partial charge in [-0.05, 0) is 54.6 Å². The van der Waals surface area contributed by atoms with Crippen molar-refractivity contribution in [2.45, 2.75) is 9.92 Å². The molecule has 5 nitrogen and oxygen atoms in total. The van der Waals surface area contributed by atoms with E-state index >= 15 is 0 Å².